The van der Waals surface area contributed by atoms with Gasteiger partial charge in [0, 0.05) is 6.04 Å². The van der Waals surface area contributed by atoms with Crippen LogP contribution in [0.1, 0.15) is 43.4 Å². The van der Waals surface area contributed by atoms with Crippen molar-refractivity contribution in [2.45, 2.75) is 44.7 Å². The van der Waals surface area contributed by atoms with Crippen molar-refractivity contribution in [1.29, 1.82) is 0 Å². The molecule has 2 aromatic carbocycles. The predicted molar refractivity (Wildman–Crippen MR) is 119 cm³/mol. The Kier molecular flexibility index (Phi) is 5.77. The van der Waals surface area contributed by atoms with Gasteiger partial charge in [-0.2, -0.15) is 0 Å². The number of benzene rings is 2. The zero-order valence-electron chi connectivity index (χ0n) is 18.5. The highest BCUT2D eigenvalue weighted by atomic mass is 16.5. The Labute approximate surface area is 187 Å². The Morgan fingerprint density at radius 3 is 2.34 bits per heavy atom. The SMILES string of the molecule is CCCCC1(C(=O)OC)NC(c2ccc(O)cc2)C2C(=O)N(c3ccc(C)cc3)C(=O)C21. The number of hydrogen-bond acceptors (Lipinski definition) is 6. The Hall–Kier alpha value is -3.19. The van der Waals surface area contributed by atoms with E-state index in [1.165, 1.54) is 24.1 Å². The number of unbranched alkanes of at least 4 members (excludes halogenated alkanes) is 1. The summed E-state index contributed by atoms with van der Waals surface area (Å²) in [6, 6.07) is 13.1. The Balaban J connectivity index is 1.85. The fourth-order valence-electron chi connectivity index (χ4n) is 5.08. The van der Waals surface area contributed by atoms with Crippen LogP contribution >= 0.6 is 0 Å². The molecular weight excluding hydrogens is 408 g/mol. The number of nitrogens with zero attached hydrogens (tertiary/aromatic N) is 1. The molecular formula is C25H28N2O5. The number of phenolic OH excluding ortho intramolecular Hbond substituents is 1. The summed E-state index contributed by atoms with van der Waals surface area (Å²) in [4.78, 5) is 41.8. The molecule has 2 aliphatic rings. The molecule has 2 N–H and O–H groups in total. The summed E-state index contributed by atoms with van der Waals surface area (Å²) >= 11 is 0. The van der Waals surface area contributed by atoms with Gasteiger partial charge in [0.25, 0.3) is 0 Å². The van der Waals surface area contributed by atoms with Crippen LogP contribution in [-0.4, -0.2) is 35.5 Å². The summed E-state index contributed by atoms with van der Waals surface area (Å²) < 4.78 is 5.16. The van der Waals surface area contributed by atoms with Crippen LogP contribution in [0.15, 0.2) is 48.5 Å². The summed E-state index contributed by atoms with van der Waals surface area (Å²) in [6.45, 7) is 3.94. The lowest BCUT2D eigenvalue weighted by atomic mass is 9.76. The molecule has 0 saturated carbocycles. The number of fused-ring (bicyclic) bond motifs is 1. The Morgan fingerprint density at radius 1 is 1.09 bits per heavy atom. The van der Waals surface area contributed by atoms with Gasteiger partial charge in [0.2, 0.25) is 11.8 Å². The molecule has 2 fully saturated rings. The largest absolute Gasteiger partial charge is 0.508 e. The van der Waals surface area contributed by atoms with Crippen molar-refractivity contribution in [2.75, 3.05) is 12.0 Å². The van der Waals surface area contributed by atoms with Crippen molar-refractivity contribution in [3.63, 3.8) is 0 Å². The molecule has 2 heterocycles. The molecule has 7 heteroatoms. The summed E-state index contributed by atoms with van der Waals surface area (Å²) in [6.07, 6.45) is 1.90. The van der Waals surface area contributed by atoms with Gasteiger partial charge in [-0.3, -0.25) is 19.7 Å². The van der Waals surface area contributed by atoms with Crippen LogP contribution in [0.25, 0.3) is 0 Å². The van der Waals surface area contributed by atoms with E-state index < -0.39 is 29.4 Å². The third kappa shape index (κ3) is 3.37. The number of amides is 2. The lowest BCUT2D eigenvalue weighted by molar-refractivity contribution is -0.152. The molecule has 0 bridgehead atoms. The van der Waals surface area contributed by atoms with E-state index in [-0.39, 0.29) is 17.6 Å². The second-order valence-electron chi connectivity index (χ2n) is 8.63. The minimum atomic E-state index is -1.30. The van der Waals surface area contributed by atoms with Crippen LogP contribution in [-0.2, 0) is 19.1 Å². The second-order valence-corrected chi connectivity index (χ2v) is 8.63. The van der Waals surface area contributed by atoms with Gasteiger partial charge in [0.15, 0.2) is 0 Å². The zero-order chi connectivity index (χ0) is 23.0. The van der Waals surface area contributed by atoms with Crippen LogP contribution in [0.3, 0.4) is 0 Å². The van der Waals surface area contributed by atoms with Crippen molar-refractivity contribution < 1.29 is 24.2 Å². The van der Waals surface area contributed by atoms with Crippen molar-refractivity contribution in [1.82, 2.24) is 5.32 Å². The van der Waals surface area contributed by atoms with Crippen molar-refractivity contribution in [3.8, 4) is 5.75 Å². The molecule has 7 nitrogen and oxygen atoms in total. The molecule has 2 amide bonds. The van der Waals surface area contributed by atoms with Crippen molar-refractivity contribution in [2.24, 2.45) is 11.8 Å². The molecule has 168 valence electrons. The molecule has 4 atom stereocenters. The normalized spacial score (nSPS) is 27.0. The first-order chi connectivity index (χ1) is 15.3. The van der Waals surface area contributed by atoms with Crippen LogP contribution in [0, 0.1) is 18.8 Å². The molecule has 0 aliphatic carbocycles. The third-order valence-electron chi connectivity index (χ3n) is 6.67. The number of rotatable bonds is 6. The monoisotopic (exact) mass is 436 g/mol. The van der Waals surface area contributed by atoms with Gasteiger partial charge < -0.3 is 9.84 Å². The fraction of sp³-hybridized carbons (Fsp3) is 0.400. The number of hydrogen-bond donors (Lipinski definition) is 2. The van der Waals surface area contributed by atoms with Gasteiger partial charge in [-0.05, 0) is 43.2 Å². The molecule has 2 aromatic rings. The molecule has 0 radical (unpaired) electrons. The number of anilines is 1. The van der Waals surface area contributed by atoms with Gasteiger partial charge in [0.05, 0.1) is 24.6 Å². The number of imide groups is 1. The number of carbonyl (C=O) groups is 3. The summed E-state index contributed by atoms with van der Waals surface area (Å²) in [5, 5.41) is 13.1. The summed E-state index contributed by atoms with van der Waals surface area (Å²) in [7, 11) is 1.31. The van der Waals surface area contributed by atoms with Gasteiger partial charge in [0.1, 0.15) is 11.3 Å². The van der Waals surface area contributed by atoms with E-state index in [0.717, 1.165) is 17.5 Å². The lowest BCUT2D eigenvalue weighted by Crippen LogP contribution is -2.56. The van der Waals surface area contributed by atoms with Crippen LogP contribution < -0.4 is 10.2 Å². The van der Waals surface area contributed by atoms with Crippen LogP contribution in [0.5, 0.6) is 5.75 Å². The molecule has 4 unspecified atom stereocenters. The number of ether oxygens (including phenoxy) is 1. The molecule has 4 rings (SSSR count). The van der Waals surface area contributed by atoms with Gasteiger partial charge in [-0.1, -0.05) is 49.6 Å². The number of aromatic hydroxyl groups is 1. The van der Waals surface area contributed by atoms with Crippen LogP contribution in [0.4, 0.5) is 5.69 Å². The first kappa shape index (κ1) is 22.0. The minimum absolute atomic E-state index is 0.101. The van der Waals surface area contributed by atoms with Crippen LogP contribution in [0.2, 0.25) is 0 Å². The average Bonchev–Trinajstić information content (AvgIpc) is 3.27. The summed E-state index contributed by atoms with van der Waals surface area (Å²) in [5.74, 6) is -2.80. The lowest BCUT2D eigenvalue weighted by Gasteiger charge is -2.32. The van der Waals surface area contributed by atoms with E-state index in [1.807, 2.05) is 26.0 Å². The van der Waals surface area contributed by atoms with Crippen molar-refractivity contribution >= 4 is 23.5 Å². The highest BCUT2D eigenvalue weighted by Gasteiger charge is 2.68. The molecule has 0 spiro atoms. The smallest absolute Gasteiger partial charge is 0.326 e. The number of carbonyl (C=O) groups excluding carboxylic acids is 3. The summed E-state index contributed by atoms with van der Waals surface area (Å²) in [5.41, 5.74) is 0.943. The molecule has 2 saturated heterocycles. The van der Waals surface area contributed by atoms with E-state index >= 15 is 0 Å². The van der Waals surface area contributed by atoms with Gasteiger partial charge >= 0.3 is 5.97 Å². The number of methoxy groups -OCH3 is 1. The topological polar surface area (TPSA) is 95.9 Å². The van der Waals surface area contributed by atoms with E-state index in [2.05, 4.69) is 5.32 Å². The zero-order valence-corrected chi connectivity index (χ0v) is 18.5. The van der Waals surface area contributed by atoms with E-state index in [9.17, 15) is 19.5 Å². The highest BCUT2D eigenvalue weighted by Crippen LogP contribution is 2.51. The minimum Gasteiger partial charge on any atom is -0.508 e. The maximum absolute atomic E-state index is 13.7. The average molecular weight is 437 g/mol. The van der Waals surface area contributed by atoms with Gasteiger partial charge in [-0.25, -0.2) is 4.90 Å². The second kappa shape index (κ2) is 8.39. The number of nitrogens with one attached hydrogen (secondary N) is 1. The Bertz CT molecular complexity index is 1030. The number of phenols is 1. The Morgan fingerprint density at radius 2 is 1.75 bits per heavy atom. The molecule has 0 aromatic heterocycles. The highest BCUT2D eigenvalue weighted by molar-refractivity contribution is 6.24. The number of aryl methyl sites for hydroxylation is 1. The van der Waals surface area contributed by atoms with E-state index in [1.54, 1.807) is 24.3 Å². The van der Waals surface area contributed by atoms with E-state index in [4.69, 9.17) is 4.74 Å². The fourth-order valence-corrected chi connectivity index (χ4v) is 5.08. The van der Waals surface area contributed by atoms with Gasteiger partial charge in [-0.15, -0.1) is 0 Å². The first-order valence-corrected chi connectivity index (χ1v) is 10.9. The molecule has 2 aliphatic heterocycles. The van der Waals surface area contributed by atoms with E-state index in [0.29, 0.717) is 18.5 Å². The number of esters is 1. The molecule has 32 heavy (non-hydrogen) atoms. The maximum atomic E-state index is 13.7. The maximum Gasteiger partial charge on any atom is 0.326 e. The standard InChI is InChI=1S/C25H28N2O5/c1-4-5-14-25(24(31)32-3)20-19(21(26-25)16-8-12-18(28)13-9-16)22(29)27(23(20)30)17-10-6-15(2)7-11-17/h6-13,19-21,26,28H,4-5,14H2,1-3H3. The quantitative estimate of drug-likeness (QED) is 0.533. The van der Waals surface area contributed by atoms with Crippen molar-refractivity contribution in [3.05, 3.63) is 59.7 Å². The third-order valence-corrected chi connectivity index (χ3v) is 6.67. The first-order valence-electron chi connectivity index (χ1n) is 10.9. The predicted octanol–water partition coefficient (Wildman–Crippen LogP) is 3.25.